The molecule has 0 heterocycles. The standard InChI is InChI=1S/C10H12N2O3/c1-2-15-9-5-3-4-8(12-14)7(9)6-10(11)13/h3-5H,2,6H2,1H3,(H2,11,13). The molecule has 0 aromatic heterocycles. The predicted molar refractivity (Wildman–Crippen MR) is 56.0 cm³/mol. The number of primary amides is 1. The van der Waals surface area contributed by atoms with Gasteiger partial charge in [-0.25, -0.2) is 0 Å². The summed E-state index contributed by atoms with van der Waals surface area (Å²) in [5.41, 5.74) is 5.72. The van der Waals surface area contributed by atoms with Gasteiger partial charge < -0.3 is 10.5 Å². The average molecular weight is 208 g/mol. The number of carbonyl (C=O) groups excluding carboxylic acids is 1. The first-order chi connectivity index (χ1) is 7.19. The van der Waals surface area contributed by atoms with Crippen molar-refractivity contribution in [1.82, 2.24) is 0 Å². The molecule has 0 saturated carbocycles. The monoisotopic (exact) mass is 208 g/mol. The molecule has 5 heteroatoms. The van der Waals surface area contributed by atoms with Crippen molar-refractivity contribution >= 4 is 11.6 Å². The van der Waals surface area contributed by atoms with Crippen molar-refractivity contribution in [3.63, 3.8) is 0 Å². The van der Waals surface area contributed by atoms with Gasteiger partial charge in [-0.05, 0) is 24.2 Å². The van der Waals surface area contributed by atoms with Crippen LogP contribution in [0.15, 0.2) is 23.4 Å². The van der Waals surface area contributed by atoms with Gasteiger partial charge in [-0.1, -0.05) is 6.07 Å². The van der Waals surface area contributed by atoms with Gasteiger partial charge in [0.25, 0.3) is 0 Å². The molecule has 0 atom stereocenters. The van der Waals surface area contributed by atoms with Gasteiger partial charge >= 0.3 is 0 Å². The Hall–Kier alpha value is -1.91. The molecular formula is C10H12N2O3. The second-order valence-corrected chi connectivity index (χ2v) is 2.92. The molecule has 0 aliphatic heterocycles. The van der Waals surface area contributed by atoms with Crippen molar-refractivity contribution in [3.05, 3.63) is 28.7 Å². The van der Waals surface area contributed by atoms with Gasteiger partial charge in [-0.3, -0.25) is 4.79 Å². The Kier molecular flexibility index (Phi) is 3.79. The van der Waals surface area contributed by atoms with Gasteiger partial charge in [0.1, 0.15) is 11.4 Å². The molecule has 1 aromatic carbocycles. The Bertz CT molecular complexity index is 377. The molecule has 0 aliphatic carbocycles. The molecule has 80 valence electrons. The second kappa shape index (κ2) is 5.09. The summed E-state index contributed by atoms with van der Waals surface area (Å²) in [6, 6.07) is 4.84. The summed E-state index contributed by atoms with van der Waals surface area (Å²) in [5, 5.41) is 2.83. The smallest absolute Gasteiger partial charge is 0.222 e. The number of ether oxygens (including phenoxy) is 1. The van der Waals surface area contributed by atoms with Crippen LogP contribution in [0.1, 0.15) is 12.5 Å². The first-order valence-electron chi connectivity index (χ1n) is 4.55. The molecule has 0 unspecified atom stereocenters. The van der Waals surface area contributed by atoms with Crippen LogP contribution >= 0.6 is 0 Å². The number of nitrogens with two attached hydrogens (primary N) is 1. The normalized spacial score (nSPS) is 9.67. The Balaban J connectivity index is 3.13. The third-order valence-corrected chi connectivity index (χ3v) is 1.86. The fraction of sp³-hybridized carbons (Fsp3) is 0.300. The third kappa shape index (κ3) is 2.77. The highest BCUT2D eigenvalue weighted by Crippen LogP contribution is 2.29. The van der Waals surface area contributed by atoms with E-state index in [4.69, 9.17) is 10.5 Å². The molecule has 0 radical (unpaired) electrons. The van der Waals surface area contributed by atoms with E-state index in [-0.39, 0.29) is 12.1 Å². The fourth-order valence-electron chi connectivity index (χ4n) is 1.28. The summed E-state index contributed by atoms with van der Waals surface area (Å²) in [7, 11) is 0. The zero-order valence-electron chi connectivity index (χ0n) is 8.40. The molecule has 5 nitrogen and oxygen atoms in total. The number of hydrogen-bond acceptors (Lipinski definition) is 4. The number of nitroso groups, excluding NO2 is 1. The van der Waals surface area contributed by atoms with E-state index in [0.717, 1.165) is 0 Å². The highest BCUT2D eigenvalue weighted by atomic mass is 16.5. The molecule has 1 aromatic rings. The molecule has 0 spiro atoms. The Labute approximate surface area is 87.2 Å². The Morgan fingerprint density at radius 2 is 2.27 bits per heavy atom. The van der Waals surface area contributed by atoms with Crippen molar-refractivity contribution in [1.29, 1.82) is 0 Å². The molecule has 0 aliphatic rings. The van der Waals surface area contributed by atoms with Crippen LogP contribution in [0, 0.1) is 4.91 Å². The van der Waals surface area contributed by atoms with Crippen molar-refractivity contribution in [2.75, 3.05) is 6.61 Å². The van der Waals surface area contributed by atoms with Gasteiger partial charge in [-0.2, -0.15) is 0 Å². The lowest BCUT2D eigenvalue weighted by molar-refractivity contribution is -0.117. The SMILES string of the molecule is CCOc1cccc(N=O)c1CC(N)=O. The number of nitrogens with zero attached hydrogens (tertiary/aromatic N) is 1. The number of hydrogen-bond donors (Lipinski definition) is 1. The Morgan fingerprint density at radius 1 is 1.53 bits per heavy atom. The molecule has 2 N–H and O–H groups in total. The van der Waals surface area contributed by atoms with Gasteiger partial charge in [0.2, 0.25) is 5.91 Å². The molecule has 0 fully saturated rings. The quantitative estimate of drug-likeness (QED) is 0.744. The maximum Gasteiger partial charge on any atom is 0.222 e. The number of benzene rings is 1. The minimum Gasteiger partial charge on any atom is -0.493 e. The van der Waals surface area contributed by atoms with Crippen LogP contribution < -0.4 is 10.5 Å². The van der Waals surface area contributed by atoms with E-state index in [1.807, 2.05) is 6.92 Å². The summed E-state index contributed by atoms with van der Waals surface area (Å²) in [5.74, 6) is -0.0412. The lowest BCUT2D eigenvalue weighted by Gasteiger charge is -2.09. The fourth-order valence-corrected chi connectivity index (χ4v) is 1.28. The molecule has 1 rings (SSSR count). The lowest BCUT2D eigenvalue weighted by atomic mass is 10.1. The summed E-state index contributed by atoms with van der Waals surface area (Å²) in [4.78, 5) is 21.3. The minimum atomic E-state index is -0.521. The largest absolute Gasteiger partial charge is 0.493 e. The van der Waals surface area contributed by atoms with E-state index in [0.29, 0.717) is 17.9 Å². The molecular weight excluding hydrogens is 196 g/mol. The summed E-state index contributed by atoms with van der Waals surface area (Å²) < 4.78 is 5.27. The van der Waals surface area contributed by atoms with Crippen molar-refractivity contribution in [3.8, 4) is 5.75 Å². The first kappa shape index (κ1) is 11.2. The van der Waals surface area contributed by atoms with E-state index in [9.17, 15) is 9.70 Å². The van der Waals surface area contributed by atoms with Crippen LogP contribution in [0.5, 0.6) is 5.75 Å². The minimum absolute atomic E-state index is 0.0444. The van der Waals surface area contributed by atoms with Crippen LogP contribution in [0.2, 0.25) is 0 Å². The van der Waals surface area contributed by atoms with E-state index in [2.05, 4.69) is 5.18 Å². The zero-order chi connectivity index (χ0) is 11.3. The lowest BCUT2D eigenvalue weighted by Crippen LogP contribution is -2.14. The van der Waals surface area contributed by atoms with Gasteiger partial charge in [0.05, 0.1) is 13.0 Å². The first-order valence-corrected chi connectivity index (χ1v) is 4.55. The summed E-state index contributed by atoms with van der Waals surface area (Å²) >= 11 is 0. The van der Waals surface area contributed by atoms with Crippen molar-refractivity contribution in [2.45, 2.75) is 13.3 Å². The molecule has 1 amide bonds. The van der Waals surface area contributed by atoms with E-state index >= 15 is 0 Å². The van der Waals surface area contributed by atoms with Crippen molar-refractivity contribution in [2.24, 2.45) is 10.9 Å². The van der Waals surface area contributed by atoms with Crippen LogP contribution in [-0.4, -0.2) is 12.5 Å². The van der Waals surface area contributed by atoms with E-state index in [1.165, 1.54) is 6.07 Å². The van der Waals surface area contributed by atoms with Crippen LogP contribution in [0.25, 0.3) is 0 Å². The average Bonchev–Trinajstić information content (AvgIpc) is 2.20. The van der Waals surface area contributed by atoms with Gasteiger partial charge in [0, 0.05) is 5.56 Å². The van der Waals surface area contributed by atoms with Gasteiger partial charge in [0.15, 0.2) is 0 Å². The highest BCUT2D eigenvalue weighted by molar-refractivity contribution is 5.79. The molecule has 0 bridgehead atoms. The van der Waals surface area contributed by atoms with Crippen LogP contribution in [0.3, 0.4) is 0 Å². The Morgan fingerprint density at radius 3 is 2.80 bits per heavy atom. The van der Waals surface area contributed by atoms with Crippen molar-refractivity contribution < 1.29 is 9.53 Å². The zero-order valence-corrected chi connectivity index (χ0v) is 8.40. The van der Waals surface area contributed by atoms with Crippen LogP contribution in [0.4, 0.5) is 5.69 Å². The highest BCUT2D eigenvalue weighted by Gasteiger charge is 2.12. The van der Waals surface area contributed by atoms with E-state index in [1.54, 1.807) is 12.1 Å². The second-order valence-electron chi connectivity index (χ2n) is 2.92. The number of carbonyl (C=O) groups is 1. The van der Waals surface area contributed by atoms with Gasteiger partial charge in [-0.15, -0.1) is 4.91 Å². The number of amides is 1. The van der Waals surface area contributed by atoms with Crippen LogP contribution in [-0.2, 0) is 11.2 Å². The predicted octanol–water partition coefficient (Wildman–Crippen LogP) is 1.51. The topological polar surface area (TPSA) is 81.8 Å². The maximum absolute atomic E-state index is 10.8. The van der Waals surface area contributed by atoms with E-state index < -0.39 is 5.91 Å². The summed E-state index contributed by atoms with van der Waals surface area (Å²) in [6.07, 6.45) is -0.0444. The molecule has 15 heavy (non-hydrogen) atoms. The maximum atomic E-state index is 10.8. The summed E-state index contributed by atoms with van der Waals surface area (Å²) in [6.45, 7) is 2.27. The number of rotatable bonds is 5. The molecule has 0 saturated heterocycles. The third-order valence-electron chi connectivity index (χ3n) is 1.86.